The van der Waals surface area contributed by atoms with Gasteiger partial charge in [-0.3, -0.25) is 10.1 Å². The summed E-state index contributed by atoms with van der Waals surface area (Å²) in [6, 6.07) is 9.87. The van der Waals surface area contributed by atoms with Crippen LogP contribution in [-0.4, -0.2) is 9.91 Å². The summed E-state index contributed by atoms with van der Waals surface area (Å²) in [5.41, 5.74) is 2.95. The van der Waals surface area contributed by atoms with E-state index in [0.717, 1.165) is 5.56 Å². The Kier molecular flexibility index (Phi) is 3.58. The maximum Gasteiger partial charge on any atom is 0.331 e. The number of anilines is 1. The van der Waals surface area contributed by atoms with Gasteiger partial charge in [0.2, 0.25) is 0 Å². The number of nitrogens with two attached hydrogens (primary N) is 1. The Morgan fingerprint density at radius 1 is 1.32 bits per heavy atom. The summed E-state index contributed by atoms with van der Waals surface area (Å²) in [5, 5.41) is 10.9. The molecule has 0 aliphatic carbocycles. The summed E-state index contributed by atoms with van der Waals surface area (Å²) in [6.07, 6.45) is 0. The monoisotopic (exact) mass is 260 g/mol. The van der Waals surface area contributed by atoms with E-state index in [1.165, 1.54) is 12.1 Å². The van der Waals surface area contributed by atoms with Crippen molar-refractivity contribution in [2.24, 2.45) is 5.84 Å². The predicted octanol–water partition coefficient (Wildman–Crippen LogP) is 2.38. The van der Waals surface area contributed by atoms with Gasteiger partial charge in [0.15, 0.2) is 0 Å². The molecular formula is C12H12N4O3. The average Bonchev–Trinajstić information content (AvgIpc) is 2.41. The second-order valence-corrected chi connectivity index (χ2v) is 3.79. The molecule has 0 atom stereocenters. The van der Waals surface area contributed by atoms with Crippen molar-refractivity contribution in [1.82, 2.24) is 4.98 Å². The largest absolute Gasteiger partial charge is 0.433 e. The number of nitrogens with zero attached hydrogens (tertiary/aromatic N) is 2. The molecule has 0 fully saturated rings. The molecule has 2 aromatic rings. The van der Waals surface area contributed by atoms with Gasteiger partial charge in [0, 0.05) is 6.07 Å². The zero-order valence-electron chi connectivity index (χ0n) is 10.2. The van der Waals surface area contributed by atoms with Crippen LogP contribution in [0.15, 0.2) is 36.4 Å². The lowest BCUT2D eigenvalue weighted by Gasteiger charge is -2.08. The van der Waals surface area contributed by atoms with E-state index in [-0.39, 0.29) is 17.4 Å². The van der Waals surface area contributed by atoms with Gasteiger partial charge in [0.1, 0.15) is 11.6 Å². The highest BCUT2D eigenvalue weighted by molar-refractivity contribution is 5.50. The van der Waals surface area contributed by atoms with E-state index in [9.17, 15) is 10.1 Å². The zero-order valence-corrected chi connectivity index (χ0v) is 10.2. The second kappa shape index (κ2) is 5.32. The molecule has 7 heteroatoms. The Hall–Kier alpha value is -2.67. The number of hydrazine groups is 1. The molecule has 0 saturated heterocycles. The maximum absolute atomic E-state index is 10.9. The number of nitrogens with one attached hydrogen (secondary N) is 1. The molecule has 0 spiro atoms. The number of hydrogen-bond acceptors (Lipinski definition) is 6. The second-order valence-electron chi connectivity index (χ2n) is 3.79. The summed E-state index contributed by atoms with van der Waals surface area (Å²) in [7, 11) is 0. The van der Waals surface area contributed by atoms with Crippen molar-refractivity contribution in [3.05, 3.63) is 52.1 Å². The normalized spacial score (nSPS) is 10.0. The van der Waals surface area contributed by atoms with Gasteiger partial charge in [-0.25, -0.2) is 5.84 Å². The van der Waals surface area contributed by atoms with E-state index in [0.29, 0.717) is 5.75 Å². The Bertz CT molecular complexity index is 616. The van der Waals surface area contributed by atoms with Gasteiger partial charge in [0.05, 0.1) is 4.92 Å². The Morgan fingerprint density at radius 3 is 2.68 bits per heavy atom. The van der Waals surface area contributed by atoms with Crippen LogP contribution in [0, 0.1) is 17.0 Å². The van der Waals surface area contributed by atoms with Gasteiger partial charge >= 0.3 is 11.6 Å². The Morgan fingerprint density at radius 2 is 2.05 bits per heavy atom. The average molecular weight is 260 g/mol. The van der Waals surface area contributed by atoms with Crippen molar-refractivity contribution < 1.29 is 9.66 Å². The van der Waals surface area contributed by atoms with Crippen LogP contribution >= 0.6 is 0 Å². The molecule has 0 amide bonds. The van der Waals surface area contributed by atoms with Crippen molar-refractivity contribution in [2.45, 2.75) is 6.92 Å². The number of nitrogen functional groups attached to an aromatic ring is 1. The maximum atomic E-state index is 10.9. The topological polar surface area (TPSA) is 103 Å². The van der Waals surface area contributed by atoms with Gasteiger partial charge < -0.3 is 10.2 Å². The highest BCUT2D eigenvalue weighted by Crippen LogP contribution is 2.31. The molecule has 1 aromatic heterocycles. The SMILES string of the molecule is Cc1ccccc1Oc1nc(NN)ccc1[N+](=O)[O-]. The van der Waals surface area contributed by atoms with Crippen LogP contribution in [0.5, 0.6) is 11.6 Å². The number of para-hydroxylation sites is 1. The first-order valence-corrected chi connectivity index (χ1v) is 5.47. The molecule has 0 unspecified atom stereocenters. The van der Waals surface area contributed by atoms with Crippen molar-refractivity contribution in [1.29, 1.82) is 0 Å². The fourth-order valence-corrected chi connectivity index (χ4v) is 1.50. The molecule has 19 heavy (non-hydrogen) atoms. The van der Waals surface area contributed by atoms with Gasteiger partial charge in [-0.1, -0.05) is 18.2 Å². The van der Waals surface area contributed by atoms with E-state index < -0.39 is 4.92 Å². The summed E-state index contributed by atoms with van der Waals surface area (Å²) in [4.78, 5) is 14.3. The molecule has 1 aromatic carbocycles. The van der Waals surface area contributed by atoms with Crippen molar-refractivity contribution in [2.75, 3.05) is 5.43 Å². The number of benzene rings is 1. The minimum Gasteiger partial charge on any atom is -0.433 e. The Labute approximate surface area is 109 Å². The molecule has 0 aliphatic rings. The number of nitro groups is 1. The van der Waals surface area contributed by atoms with Gasteiger partial charge in [0.25, 0.3) is 0 Å². The summed E-state index contributed by atoms with van der Waals surface area (Å²) in [5.74, 6) is 5.92. The molecular weight excluding hydrogens is 248 g/mol. The molecule has 3 N–H and O–H groups in total. The number of aromatic nitrogens is 1. The lowest BCUT2D eigenvalue weighted by Crippen LogP contribution is -2.09. The minimum atomic E-state index is -0.555. The van der Waals surface area contributed by atoms with Gasteiger partial charge in [-0.05, 0) is 24.6 Å². The molecule has 98 valence electrons. The van der Waals surface area contributed by atoms with Crippen LogP contribution in [0.25, 0.3) is 0 Å². The quantitative estimate of drug-likeness (QED) is 0.497. The van der Waals surface area contributed by atoms with E-state index in [1.807, 2.05) is 19.1 Å². The first-order chi connectivity index (χ1) is 9.11. The highest BCUT2D eigenvalue weighted by atomic mass is 16.6. The van der Waals surface area contributed by atoms with Crippen LogP contribution in [0.3, 0.4) is 0 Å². The third-order valence-corrected chi connectivity index (χ3v) is 2.48. The lowest BCUT2D eigenvalue weighted by atomic mass is 10.2. The predicted molar refractivity (Wildman–Crippen MR) is 70.0 cm³/mol. The van der Waals surface area contributed by atoms with Crippen LogP contribution in [-0.2, 0) is 0 Å². The number of pyridine rings is 1. The summed E-state index contributed by atoms with van der Waals surface area (Å²) >= 11 is 0. The zero-order chi connectivity index (χ0) is 13.8. The van der Waals surface area contributed by atoms with Crippen LogP contribution < -0.4 is 16.0 Å². The third-order valence-electron chi connectivity index (χ3n) is 2.48. The molecule has 0 saturated carbocycles. The number of ether oxygens (including phenoxy) is 1. The Balaban J connectivity index is 2.43. The fraction of sp³-hybridized carbons (Fsp3) is 0.0833. The summed E-state index contributed by atoms with van der Waals surface area (Å²) < 4.78 is 5.50. The number of aryl methyl sites for hydroxylation is 1. The van der Waals surface area contributed by atoms with E-state index in [2.05, 4.69) is 10.4 Å². The highest BCUT2D eigenvalue weighted by Gasteiger charge is 2.18. The fourth-order valence-electron chi connectivity index (χ4n) is 1.50. The van der Waals surface area contributed by atoms with E-state index in [4.69, 9.17) is 10.6 Å². The van der Waals surface area contributed by atoms with Crippen molar-refractivity contribution >= 4 is 11.5 Å². The first-order valence-electron chi connectivity index (χ1n) is 5.47. The van der Waals surface area contributed by atoms with E-state index in [1.54, 1.807) is 12.1 Å². The number of rotatable bonds is 4. The standard InChI is InChI=1S/C12H12N4O3/c1-8-4-2-3-5-10(8)19-12-9(16(17)18)6-7-11(14-12)15-13/h2-7H,13H2,1H3,(H,14,15). The van der Waals surface area contributed by atoms with Crippen LogP contribution in [0.2, 0.25) is 0 Å². The van der Waals surface area contributed by atoms with Gasteiger partial charge in [-0.15, -0.1) is 0 Å². The molecule has 1 heterocycles. The molecule has 0 bridgehead atoms. The van der Waals surface area contributed by atoms with E-state index >= 15 is 0 Å². The molecule has 0 aliphatic heterocycles. The van der Waals surface area contributed by atoms with Crippen molar-refractivity contribution in [3.63, 3.8) is 0 Å². The smallest absolute Gasteiger partial charge is 0.331 e. The van der Waals surface area contributed by atoms with Gasteiger partial charge in [-0.2, -0.15) is 4.98 Å². The van der Waals surface area contributed by atoms with Crippen LogP contribution in [0.4, 0.5) is 11.5 Å². The minimum absolute atomic E-state index is 0.102. The number of hydrogen-bond donors (Lipinski definition) is 2. The first kappa shape index (κ1) is 12.8. The molecule has 2 rings (SSSR count). The summed E-state index contributed by atoms with van der Waals surface area (Å²) in [6.45, 7) is 1.84. The molecule has 7 nitrogen and oxygen atoms in total. The van der Waals surface area contributed by atoms with Crippen molar-refractivity contribution in [3.8, 4) is 11.6 Å². The molecule has 0 radical (unpaired) electrons. The lowest BCUT2D eigenvalue weighted by molar-refractivity contribution is -0.386. The third kappa shape index (κ3) is 2.78. The van der Waals surface area contributed by atoms with Crippen LogP contribution in [0.1, 0.15) is 5.56 Å².